The fourth-order valence-corrected chi connectivity index (χ4v) is 3.24. The molecule has 6 nitrogen and oxygen atoms in total. The first-order valence-electron chi connectivity index (χ1n) is 9.81. The first-order chi connectivity index (χ1) is 13.4. The number of benzene rings is 1. The zero-order valence-corrected chi connectivity index (χ0v) is 17.8. The number of nitrogens with one attached hydrogen (secondary N) is 1. The van der Waals surface area contributed by atoms with Crippen molar-refractivity contribution in [2.24, 2.45) is 0 Å². The molecule has 0 fully saturated rings. The molecule has 1 atom stereocenters. The molecule has 0 aliphatic rings. The molecular weight excluding hydrogens is 380 g/mol. The molecule has 1 aromatic rings. The highest BCUT2D eigenvalue weighted by atomic mass is 35.5. The van der Waals surface area contributed by atoms with Crippen LogP contribution in [0.15, 0.2) is 24.3 Å². The number of hydrogen-bond donors (Lipinski definition) is 1. The lowest BCUT2D eigenvalue weighted by molar-refractivity contribution is -0.141. The topological polar surface area (TPSA) is 75.7 Å². The molecule has 0 aliphatic heterocycles. The van der Waals surface area contributed by atoms with Crippen molar-refractivity contribution < 1.29 is 19.1 Å². The van der Waals surface area contributed by atoms with Gasteiger partial charge in [-0.15, -0.1) is 0 Å². The van der Waals surface area contributed by atoms with Gasteiger partial charge in [0, 0.05) is 31.0 Å². The molecule has 7 heteroatoms. The molecular formula is C21H31ClN2O4. The highest BCUT2D eigenvalue weighted by Gasteiger charge is 2.21. The zero-order valence-electron chi connectivity index (χ0n) is 17.0. The van der Waals surface area contributed by atoms with Crippen molar-refractivity contribution in [3.63, 3.8) is 0 Å². The van der Waals surface area contributed by atoms with E-state index in [0.717, 1.165) is 25.9 Å². The van der Waals surface area contributed by atoms with E-state index in [4.69, 9.17) is 16.3 Å². The van der Waals surface area contributed by atoms with Crippen molar-refractivity contribution in [2.75, 3.05) is 20.2 Å². The Morgan fingerprint density at radius 3 is 2.32 bits per heavy atom. The maximum absolute atomic E-state index is 12.4. The van der Waals surface area contributed by atoms with E-state index >= 15 is 0 Å². The molecule has 1 rings (SSSR count). The molecule has 1 unspecified atom stereocenters. The monoisotopic (exact) mass is 410 g/mol. The second kappa shape index (κ2) is 13.2. The maximum atomic E-state index is 12.4. The van der Waals surface area contributed by atoms with Crippen LogP contribution in [0.4, 0.5) is 0 Å². The van der Waals surface area contributed by atoms with Gasteiger partial charge in [-0.1, -0.05) is 43.6 Å². The van der Waals surface area contributed by atoms with E-state index in [0.29, 0.717) is 23.4 Å². The summed E-state index contributed by atoms with van der Waals surface area (Å²) in [6.07, 6.45) is 2.83. The van der Waals surface area contributed by atoms with Crippen LogP contribution in [0.2, 0.25) is 5.02 Å². The highest BCUT2D eigenvalue weighted by molar-refractivity contribution is 6.31. The summed E-state index contributed by atoms with van der Waals surface area (Å²) in [5.74, 6) is -0.581. The normalized spacial score (nSPS) is 11.6. The van der Waals surface area contributed by atoms with Crippen LogP contribution in [-0.4, -0.2) is 42.9 Å². The number of esters is 1. The lowest BCUT2D eigenvalue weighted by atomic mass is 10.0. The van der Waals surface area contributed by atoms with Gasteiger partial charge in [0.05, 0.1) is 19.6 Å². The second-order valence-corrected chi connectivity index (χ2v) is 7.06. The molecule has 1 aromatic carbocycles. The van der Waals surface area contributed by atoms with Crippen LogP contribution in [-0.2, 0) is 19.1 Å². The quantitative estimate of drug-likeness (QED) is 0.530. The first kappa shape index (κ1) is 24.0. The van der Waals surface area contributed by atoms with Gasteiger partial charge in [-0.2, -0.15) is 0 Å². The van der Waals surface area contributed by atoms with E-state index in [9.17, 15) is 14.4 Å². The first-order valence-corrected chi connectivity index (χ1v) is 10.2. The van der Waals surface area contributed by atoms with Gasteiger partial charge in [-0.05, 0) is 30.9 Å². The van der Waals surface area contributed by atoms with Crippen LogP contribution in [0, 0.1) is 0 Å². The SMILES string of the molecule is CCCN(CCC)C(=O)CCCC(=O)NC(CC(=O)OC)c1ccccc1Cl. The van der Waals surface area contributed by atoms with E-state index in [1.807, 2.05) is 18.7 Å². The van der Waals surface area contributed by atoms with Crippen molar-refractivity contribution in [3.8, 4) is 0 Å². The summed E-state index contributed by atoms with van der Waals surface area (Å²) in [6.45, 7) is 5.57. The van der Waals surface area contributed by atoms with E-state index in [2.05, 4.69) is 5.32 Å². The summed E-state index contributed by atoms with van der Waals surface area (Å²) < 4.78 is 4.73. The Hall–Kier alpha value is -2.08. The van der Waals surface area contributed by atoms with Crippen LogP contribution in [0.1, 0.15) is 64.0 Å². The molecule has 0 aliphatic carbocycles. The van der Waals surface area contributed by atoms with Gasteiger partial charge in [0.1, 0.15) is 0 Å². The zero-order chi connectivity index (χ0) is 20.9. The average Bonchev–Trinajstić information content (AvgIpc) is 2.67. The Morgan fingerprint density at radius 2 is 1.75 bits per heavy atom. The molecule has 1 N–H and O–H groups in total. The predicted molar refractivity (Wildman–Crippen MR) is 110 cm³/mol. The van der Waals surface area contributed by atoms with Crippen molar-refractivity contribution >= 4 is 29.4 Å². The van der Waals surface area contributed by atoms with Crippen LogP contribution < -0.4 is 5.32 Å². The van der Waals surface area contributed by atoms with Crippen molar-refractivity contribution in [1.29, 1.82) is 0 Å². The minimum Gasteiger partial charge on any atom is -0.469 e. The summed E-state index contributed by atoms with van der Waals surface area (Å²) in [4.78, 5) is 38.2. The third kappa shape index (κ3) is 8.30. The molecule has 0 saturated carbocycles. The Labute approximate surface area is 172 Å². The predicted octanol–water partition coefficient (Wildman–Crippen LogP) is 3.88. The second-order valence-electron chi connectivity index (χ2n) is 6.66. The van der Waals surface area contributed by atoms with Gasteiger partial charge >= 0.3 is 5.97 Å². The Bertz CT molecular complexity index is 645. The number of ether oxygens (including phenoxy) is 1. The summed E-state index contributed by atoms with van der Waals surface area (Å²) >= 11 is 6.22. The molecule has 0 aromatic heterocycles. The molecule has 0 spiro atoms. The van der Waals surface area contributed by atoms with Crippen molar-refractivity contribution in [2.45, 2.75) is 58.4 Å². The van der Waals surface area contributed by atoms with Gasteiger partial charge < -0.3 is 15.0 Å². The Morgan fingerprint density at radius 1 is 1.11 bits per heavy atom. The van der Waals surface area contributed by atoms with Crippen LogP contribution >= 0.6 is 11.6 Å². The largest absolute Gasteiger partial charge is 0.469 e. The lowest BCUT2D eigenvalue weighted by Gasteiger charge is -2.22. The summed E-state index contributed by atoms with van der Waals surface area (Å²) in [6, 6.07) is 6.50. The number of hydrogen-bond acceptors (Lipinski definition) is 4. The summed E-state index contributed by atoms with van der Waals surface area (Å²) in [7, 11) is 1.30. The third-order valence-corrected chi connectivity index (χ3v) is 4.69. The molecule has 156 valence electrons. The van der Waals surface area contributed by atoms with Crippen LogP contribution in [0.3, 0.4) is 0 Å². The number of nitrogens with zero attached hydrogens (tertiary/aromatic N) is 1. The minimum atomic E-state index is -0.568. The van der Waals surface area contributed by atoms with Crippen LogP contribution in [0.5, 0.6) is 0 Å². The molecule has 28 heavy (non-hydrogen) atoms. The number of rotatable bonds is 12. The van der Waals surface area contributed by atoms with E-state index in [1.165, 1.54) is 7.11 Å². The molecule has 0 heterocycles. The number of carbonyl (C=O) groups excluding carboxylic acids is 3. The van der Waals surface area contributed by atoms with E-state index in [-0.39, 0.29) is 24.7 Å². The van der Waals surface area contributed by atoms with Gasteiger partial charge in [-0.3, -0.25) is 14.4 Å². The lowest BCUT2D eigenvalue weighted by Crippen LogP contribution is -2.33. The standard InChI is InChI=1S/C21H31ClN2O4/c1-4-13-24(14-5-2)20(26)12-8-11-19(25)23-18(15-21(27)28-3)16-9-6-7-10-17(16)22/h6-7,9-10,18H,4-5,8,11-15H2,1-3H3,(H,23,25). The maximum Gasteiger partial charge on any atom is 0.307 e. The highest BCUT2D eigenvalue weighted by Crippen LogP contribution is 2.25. The van der Waals surface area contributed by atoms with Crippen LogP contribution in [0.25, 0.3) is 0 Å². The fourth-order valence-electron chi connectivity index (χ4n) is 2.97. The number of amides is 2. The number of methoxy groups -OCH3 is 1. The molecule has 0 bridgehead atoms. The van der Waals surface area contributed by atoms with Gasteiger partial charge in [0.25, 0.3) is 0 Å². The van der Waals surface area contributed by atoms with Crippen molar-refractivity contribution in [1.82, 2.24) is 10.2 Å². The fraction of sp³-hybridized carbons (Fsp3) is 0.571. The third-order valence-electron chi connectivity index (χ3n) is 4.35. The summed E-state index contributed by atoms with van der Waals surface area (Å²) in [5.41, 5.74) is 0.663. The Balaban J connectivity index is 2.62. The Kier molecular flexibility index (Phi) is 11.3. The molecule has 0 radical (unpaired) electrons. The van der Waals surface area contributed by atoms with Gasteiger partial charge in [0.15, 0.2) is 0 Å². The average molecular weight is 411 g/mol. The molecule has 0 saturated heterocycles. The van der Waals surface area contributed by atoms with E-state index < -0.39 is 12.0 Å². The minimum absolute atomic E-state index is 0.00825. The number of halogens is 1. The molecule has 2 amide bonds. The smallest absolute Gasteiger partial charge is 0.307 e. The van der Waals surface area contributed by atoms with E-state index in [1.54, 1.807) is 24.3 Å². The van der Waals surface area contributed by atoms with Gasteiger partial charge in [-0.25, -0.2) is 0 Å². The summed E-state index contributed by atoms with van der Waals surface area (Å²) in [5, 5.41) is 3.32. The van der Waals surface area contributed by atoms with Gasteiger partial charge in [0.2, 0.25) is 11.8 Å². The number of carbonyl (C=O) groups is 3. The van der Waals surface area contributed by atoms with Crippen molar-refractivity contribution in [3.05, 3.63) is 34.9 Å².